The van der Waals surface area contributed by atoms with Crippen LogP contribution < -0.4 is 10.1 Å². The third kappa shape index (κ3) is 9.00. The van der Waals surface area contributed by atoms with E-state index in [2.05, 4.69) is 63.9 Å². The molecule has 9 heteroatoms. The van der Waals surface area contributed by atoms with E-state index in [0.717, 1.165) is 24.2 Å². The summed E-state index contributed by atoms with van der Waals surface area (Å²) in [6.07, 6.45) is 4.76. The molecular weight excluding hydrogens is 657 g/mol. The van der Waals surface area contributed by atoms with Crippen molar-refractivity contribution in [1.29, 1.82) is 0 Å². The average molecular weight is 690 g/mol. The van der Waals surface area contributed by atoms with Crippen LogP contribution in [0.15, 0.2) is 34.4 Å². The van der Waals surface area contributed by atoms with Crippen molar-refractivity contribution in [2.75, 3.05) is 21.3 Å². The third-order valence-electron chi connectivity index (χ3n) is 5.10. The maximum atomic E-state index is 12.5. The second-order valence-electron chi connectivity index (χ2n) is 7.81. The van der Waals surface area contributed by atoms with E-state index in [1.54, 1.807) is 19.2 Å². The summed E-state index contributed by atoms with van der Waals surface area (Å²) in [7, 11) is 4.50. The zero-order valence-electron chi connectivity index (χ0n) is 21.5. The Morgan fingerprint density at radius 2 is 1.83 bits per heavy atom. The van der Waals surface area contributed by atoms with Gasteiger partial charge in [-0.05, 0) is 12.8 Å². The Morgan fingerprint density at radius 3 is 2.40 bits per heavy atom. The summed E-state index contributed by atoms with van der Waals surface area (Å²) in [5.74, 6) is 0.616. The first kappa shape index (κ1) is 31.3. The van der Waals surface area contributed by atoms with Crippen molar-refractivity contribution >= 4 is 14.9 Å². The van der Waals surface area contributed by atoms with Gasteiger partial charge >= 0.3 is 189 Å². The van der Waals surface area contributed by atoms with Gasteiger partial charge in [0.2, 0.25) is 0 Å². The van der Waals surface area contributed by atoms with Gasteiger partial charge in [0.1, 0.15) is 0 Å². The van der Waals surface area contributed by atoms with Crippen LogP contribution in [0.4, 0.5) is 0 Å². The van der Waals surface area contributed by atoms with Gasteiger partial charge < -0.3 is 0 Å². The molecule has 3 rings (SSSR count). The van der Waals surface area contributed by atoms with E-state index < -0.39 is 5.91 Å². The zero-order valence-corrected chi connectivity index (χ0v) is 25.9. The molecule has 1 aromatic carbocycles. The van der Waals surface area contributed by atoms with E-state index in [1.165, 1.54) is 44.7 Å². The van der Waals surface area contributed by atoms with Crippen molar-refractivity contribution < 1.29 is 64.5 Å². The Hall–Kier alpha value is -1.76. The zero-order chi connectivity index (χ0) is 26.6. The minimum absolute atomic E-state index is 0.103. The molecule has 0 aliphatic heterocycles. The van der Waals surface area contributed by atoms with Gasteiger partial charge in [-0.25, -0.2) is 0 Å². The molecule has 0 spiro atoms. The molecule has 1 amide bonds. The Labute approximate surface area is 228 Å². The first-order valence-corrected chi connectivity index (χ1v) is 13.2. The van der Waals surface area contributed by atoms with Crippen molar-refractivity contribution in [3.63, 3.8) is 0 Å². The van der Waals surface area contributed by atoms with Crippen molar-refractivity contribution in [3.05, 3.63) is 58.7 Å². The number of methoxy groups -OCH3 is 3. The fraction of sp³-hybridized carbons (Fsp3) is 0.423. The number of hydrogen-bond acceptors (Lipinski definition) is 6. The summed E-state index contributed by atoms with van der Waals surface area (Å²) in [6.45, 7) is 10.5. The summed E-state index contributed by atoms with van der Waals surface area (Å²) < 4.78 is 28.7. The first-order chi connectivity index (χ1) is 16.7. The van der Waals surface area contributed by atoms with Gasteiger partial charge in [-0.1, -0.05) is 27.7 Å². The molecule has 0 unspecified atom stereocenters. The number of carbonyl (C=O) groups excluding carboxylic acids is 1. The molecule has 0 fully saturated rings. The number of hydrogen-bond donors (Lipinski definition) is 1. The number of fused-ring (bicyclic) bond motifs is 1. The second-order valence-corrected chi connectivity index (χ2v) is 9.04. The number of furan rings is 1. The van der Waals surface area contributed by atoms with Crippen LogP contribution in [0.5, 0.6) is 11.7 Å². The topological polar surface area (TPSA) is 79.2 Å². The van der Waals surface area contributed by atoms with Crippen LogP contribution in [0, 0.1) is 13.2 Å². The van der Waals surface area contributed by atoms with Crippen LogP contribution in [0.2, 0.25) is 0 Å². The molecule has 0 saturated heterocycles. The van der Waals surface area contributed by atoms with Gasteiger partial charge in [0.05, 0.1) is 0 Å². The molecule has 0 bridgehead atoms. The quantitative estimate of drug-likeness (QED) is 0.318. The molecule has 191 valence electrons. The normalized spacial score (nSPS) is 13.3. The molecule has 0 atom stereocenters. The molecule has 1 heterocycles. The predicted octanol–water partition coefficient (Wildman–Crippen LogP) is 4.79. The molecule has 1 aliphatic carbocycles. The van der Waals surface area contributed by atoms with Gasteiger partial charge in [-0.3, -0.25) is 0 Å². The minimum atomic E-state index is -0.466. The first-order valence-electron chi connectivity index (χ1n) is 11.1. The molecule has 1 aliphatic rings. The van der Waals surface area contributed by atoms with Gasteiger partial charge in [-0.2, -0.15) is 0 Å². The monoisotopic (exact) mass is 690 g/mol. The van der Waals surface area contributed by atoms with Crippen LogP contribution in [0.25, 0.3) is 0 Å². The fourth-order valence-corrected chi connectivity index (χ4v) is 3.54. The van der Waals surface area contributed by atoms with E-state index in [9.17, 15) is 4.79 Å². The number of ether oxygens (including phenoxy) is 4. The van der Waals surface area contributed by atoms with Crippen molar-refractivity contribution in [2.24, 2.45) is 0 Å². The molecule has 1 N–H and O–H groups in total. The number of nitrogens with one attached hydrogen (secondary N) is 1. The van der Waals surface area contributed by atoms with Gasteiger partial charge in [-0.15, -0.1) is 0 Å². The predicted molar refractivity (Wildman–Crippen MR) is 128 cm³/mol. The SMILES string of the molecule is CC.CO[C-]=C(NC(=O)c1ccc(Oc2cc3c(cc2C)CCC3(C)C)o1)[C](=[V])OC.CO[C-]=[W]. The molecule has 0 radical (unpaired) electrons. The van der Waals surface area contributed by atoms with Crippen LogP contribution in [0.1, 0.15) is 61.4 Å². The number of aryl methyl sites for hydroxylation is 2. The molecule has 1 aromatic heterocycles. The Morgan fingerprint density at radius 1 is 1.17 bits per heavy atom. The summed E-state index contributed by atoms with van der Waals surface area (Å²) >= 11 is 3.42. The van der Waals surface area contributed by atoms with Gasteiger partial charge in [0.25, 0.3) is 0 Å². The number of benzene rings is 1. The van der Waals surface area contributed by atoms with Crippen molar-refractivity contribution in [2.45, 2.75) is 52.9 Å². The van der Waals surface area contributed by atoms with Crippen molar-refractivity contribution in [1.82, 2.24) is 5.32 Å². The third-order valence-corrected chi connectivity index (χ3v) is 6.33. The summed E-state index contributed by atoms with van der Waals surface area (Å²) in [6, 6.07) is 7.44. The molecule has 35 heavy (non-hydrogen) atoms. The van der Waals surface area contributed by atoms with E-state index in [1.807, 2.05) is 20.8 Å². The summed E-state index contributed by atoms with van der Waals surface area (Å²) in [4.78, 5) is 12.5. The van der Waals surface area contributed by atoms with Gasteiger partial charge in [0.15, 0.2) is 0 Å². The maximum absolute atomic E-state index is 12.5. The number of carbonyl (C=O) groups is 1. The van der Waals surface area contributed by atoms with Crippen LogP contribution in [0.3, 0.4) is 0 Å². The Balaban J connectivity index is 0.000000926. The average Bonchev–Trinajstić information content (AvgIpc) is 3.44. The van der Waals surface area contributed by atoms with Crippen LogP contribution in [-0.4, -0.2) is 36.2 Å². The van der Waals surface area contributed by atoms with Crippen LogP contribution in [-0.2, 0) is 62.4 Å². The molecule has 7 nitrogen and oxygen atoms in total. The summed E-state index contributed by atoms with van der Waals surface area (Å²) in [5, 5.41) is 2.63. The number of amides is 1. The Kier molecular flexibility index (Phi) is 13.7. The van der Waals surface area contributed by atoms with E-state index >= 15 is 0 Å². The standard InChI is InChI=1S/C22H24NO5.C2H3O.C2H6.V.W/c1-14-10-15-8-9-22(2,3)17(15)11-19(14)28-20-7-6-18(27-20)21(24)23-16(12-25-4)13-26-5;1-3-2;1-2;;/h6-7,10-11H,8-9H2,1-5H3,(H,23,24);1H3;1-2H3;;/q2*-1;;;. The van der Waals surface area contributed by atoms with E-state index in [-0.39, 0.29) is 22.8 Å². The number of rotatable bonds is 8. The van der Waals surface area contributed by atoms with E-state index in [0.29, 0.717) is 4.41 Å². The summed E-state index contributed by atoms with van der Waals surface area (Å²) in [5.41, 5.74) is 4.10. The molecule has 2 aromatic rings. The molecular formula is C26H33NO6VW-2. The Bertz CT molecular complexity index is 1040. The second kappa shape index (κ2) is 15.4. The fourth-order valence-electron chi connectivity index (χ4n) is 3.38. The van der Waals surface area contributed by atoms with Gasteiger partial charge in [0, 0.05) is 0 Å². The molecule has 0 saturated carbocycles. The van der Waals surface area contributed by atoms with E-state index in [4.69, 9.17) is 18.6 Å². The van der Waals surface area contributed by atoms with Crippen molar-refractivity contribution in [3.8, 4) is 11.7 Å². The van der Waals surface area contributed by atoms with Crippen LogP contribution >= 0.6 is 0 Å².